The molecular formula is C16H16N2O4. The number of hydrogen-bond acceptors (Lipinski definition) is 5. The minimum Gasteiger partial charge on any atom is -0.466 e. The van der Waals surface area contributed by atoms with Crippen molar-refractivity contribution >= 4 is 16.7 Å². The Morgan fingerprint density at radius 3 is 2.64 bits per heavy atom. The van der Waals surface area contributed by atoms with E-state index in [1.54, 1.807) is 7.05 Å². The highest BCUT2D eigenvalue weighted by molar-refractivity contribution is 6.08. The summed E-state index contributed by atoms with van der Waals surface area (Å²) in [6, 6.07) is 7.48. The predicted octanol–water partition coefficient (Wildman–Crippen LogP) is 0.772. The molecule has 6 heteroatoms. The van der Waals surface area contributed by atoms with E-state index in [2.05, 4.69) is 0 Å². The van der Waals surface area contributed by atoms with Gasteiger partial charge in [-0.05, 0) is 12.1 Å². The van der Waals surface area contributed by atoms with Crippen molar-refractivity contribution in [1.29, 1.82) is 0 Å². The molecular weight excluding hydrogens is 284 g/mol. The third kappa shape index (κ3) is 1.81. The summed E-state index contributed by atoms with van der Waals surface area (Å²) in [6.07, 6.45) is -0.711. The summed E-state index contributed by atoms with van der Waals surface area (Å²) < 4.78 is 12.7. The highest BCUT2D eigenvalue weighted by atomic mass is 16.5. The summed E-state index contributed by atoms with van der Waals surface area (Å²) >= 11 is 0. The molecule has 0 radical (unpaired) electrons. The molecule has 1 fully saturated rings. The van der Waals surface area contributed by atoms with Crippen LogP contribution in [-0.2, 0) is 11.8 Å². The second-order valence-corrected chi connectivity index (χ2v) is 5.57. The van der Waals surface area contributed by atoms with Crippen molar-refractivity contribution < 1.29 is 14.3 Å². The summed E-state index contributed by atoms with van der Waals surface area (Å²) in [5.74, 6) is 0.170. The zero-order valence-electron chi connectivity index (χ0n) is 12.2. The fraction of sp³-hybridized carbons (Fsp3) is 0.375. The molecule has 0 aliphatic carbocycles. The van der Waals surface area contributed by atoms with Gasteiger partial charge in [0.15, 0.2) is 0 Å². The molecule has 3 heterocycles. The van der Waals surface area contributed by atoms with Crippen LogP contribution in [0, 0.1) is 0 Å². The molecule has 0 spiro atoms. The van der Waals surface area contributed by atoms with Crippen molar-refractivity contribution in [1.82, 2.24) is 9.47 Å². The van der Waals surface area contributed by atoms with Gasteiger partial charge in [-0.3, -0.25) is 14.5 Å². The Labute approximate surface area is 126 Å². The number of pyridine rings is 1. The van der Waals surface area contributed by atoms with E-state index in [0.717, 1.165) is 10.9 Å². The lowest BCUT2D eigenvalue weighted by molar-refractivity contribution is -0.0271. The maximum atomic E-state index is 12.7. The van der Waals surface area contributed by atoms with Crippen molar-refractivity contribution in [2.45, 2.75) is 6.23 Å². The Hall–Kier alpha value is -2.18. The molecule has 0 saturated carbocycles. The Morgan fingerprint density at radius 1 is 1.14 bits per heavy atom. The third-order valence-corrected chi connectivity index (χ3v) is 4.33. The summed E-state index contributed by atoms with van der Waals surface area (Å²) in [5, 5.41) is 0.795. The number of benzene rings is 1. The van der Waals surface area contributed by atoms with Gasteiger partial charge in [0, 0.05) is 25.5 Å². The van der Waals surface area contributed by atoms with E-state index in [1.165, 1.54) is 4.57 Å². The maximum Gasteiger partial charge on any atom is 0.265 e. The number of hydrogen-bond donors (Lipinski definition) is 0. The van der Waals surface area contributed by atoms with Crippen LogP contribution in [0.2, 0.25) is 0 Å². The zero-order valence-corrected chi connectivity index (χ0v) is 12.2. The number of Topliss-reactive ketones (excluding diaryl/α,β-unsaturated/α-hetero) is 1. The molecule has 4 rings (SSSR count). The van der Waals surface area contributed by atoms with Crippen molar-refractivity contribution in [3.8, 4) is 5.75 Å². The Morgan fingerprint density at radius 2 is 1.86 bits per heavy atom. The summed E-state index contributed by atoms with van der Waals surface area (Å²) in [7, 11) is 1.68. The first kappa shape index (κ1) is 13.5. The number of rotatable bonds is 1. The number of ether oxygens (including phenoxy) is 2. The first-order valence-corrected chi connectivity index (χ1v) is 7.33. The number of ketones is 1. The summed E-state index contributed by atoms with van der Waals surface area (Å²) in [6.45, 7) is 2.40. The largest absolute Gasteiger partial charge is 0.466 e. The molecule has 1 aromatic heterocycles. The highest BCUT2D eigenvalue weighted by Crippen LogP contribution is 2.34. The highest BCUT2D eigenvalue weighted by Gasteiger charge is 2.41. The Balaban J connectivity index is 1.87. The van der Waals surface area contributed by atoms with Crippen LogP contribution in [0.1, 0.15) is 10.4 Å². The lowest BCUT2D eigenvalue weighted by Gasteiger charge is -2.30. The van der Waals surface area contributed by atoms with E-state index in [9.17, 15) is 9.59 Å². The molecule has 22 heavy (non-hydrogen) atoms. The van der Waals surface area contributed by atoms with Gasteiger partial charge in [0.05, 0.1) is 18.7 Å². The van der Waals surface area contributed by atoms with Gasteiger partial charge < -0.3 is 14.0 Å². The van der Waals surface area contributed by atoms with Crippen molar-refractivity contribution in [3.05, 3.63) is 40.2 Å². The maximum absolute atomic E-state index is 12.7. The zero-order chi connectivity index (χ0) is 15.3. The molecule has 1 unspecified atom stereocenters. The van der Waals surface area contributed by atoms with Crippen molar-refractivity contribution in [2.75, 3.05) is 26.3 Å². The minimum atomic E-state index is -0.711. The number of carbonyl (C=O) groups is 1. The second kappa shape index (κ2) is 4.93. The monoisotopic (exact) mass is 300 g/mol. The average Bonchev–Trinajstić information content (AvgIpc) is 2.91. The molecule has 1 aromatic carbocycles. The minimum absolute atomic E-state index is 0.165. The fourth-order valence-corrected chi connectivity index (χ4v) is 3.15. The second-order valence-electron chi connectivity index (χ2n) is 5.57. The lowest BCUT2D eigenvalue weighted by Crippen LogP contribution is -2.48. The van der Waals surface area contributed by atoms with Crippen LogP contribution >= 0.6 is 0 Å². The molecule has 0 amide bonds. The number of para-hydroxylation sites is 1. The van der Waals surface area contributed by atoms with Crippen LogP contribution in [0.3, 0.4) is 0 Å². The van der Waals surface area contributed by atoms with E-state index >= 15 is 0 Å². The van der Waals surface area contributed by atoms with E-state index in [0.29, 0.717) is 32.1 Å². The lowest BCUT2D eigenvalue weighted by atomic mass is 10.1. The molecule has 1 saturated heterocycles. The number of aryl methyl sites for hydroxylation is 1. The first-order chi connectivity index (χ1) is 10.7. The van der Waals surface area contributed by atoms with Gasteiger partial charge in [-0.15, -0.1) is 0 Å². The number of carbonyl (C=O) groups excluding carboxylic acids is 1. The molecule has 1 atom stereocenters. The average molecular weight is 300 g/mol. The molecule has 0 bridgehead atoms. The van der Waals surface area contributed by atoms with Crippen molar-refractivity contribution in [3.63, 3.8) is 0 Å². The van der Waals surface area contributed by atoms with Gasteiger partial charge in [0.1, 0.15) is 11.3 Å². The van der Waals surface area contributed by atoms with E-state index in [4.69, 9.17) is 9.47 Å². The van der Waals surface area contributed by atoms with Crippen molar-refractivity contribution in [2.24, 2.45) is 7.05 Å². The molecule has 114 valence electrons. The Bertz CT molecular complexity index is 821. The smallest absolute Gasteiger partial charge is 0.265 e. The number of fused-ring (bicyclic) bond motifs is 3. The summed E-state index contributed by atoms with van der Waals surface area (Å²) in [4.78, 5) is 27.2. The third-order valence-electron chi connectivity index (χ3n) is 4.33. The molecule has 2 aromatic rings. The first-order valence-electron chi connectivity index (χ1n) is 7.33. The quantitative estimate of drug-likeness (QED) is 0.778. The normalized spacial score (nSPS) is 21.9. The van der Waals surface area contributed by atoms with Crippen LogP contribution in [-0.4, -0.2) is 47.8 Å². The van der Waals surface area contributed by atoms with Crippen LogP contribution in [0.15, 0.2) is 29.1 Å². The molecule has 2 aliphatic rings. The number of nitrogens with zero attached hydrogens (tertiary/aromatic N) is 2. The molecule has 6 nitrogen and oxygen atoms in total. The predicted molar refractivity (Wildman–Crippen MR) is 80.3 cm³/mol. The topological polar surface area (TPSA) is 60.8 Å². The molecule has 2 aliphatic heterocycles. The van der Waals surface area contributed by atoms with Gasteiger partial charge in [0.2, 0.25) is 12.0 Å². The fourth-order valence-electron chi connectivity index (χ4n) is 3.15. The van der Waals surface area contributed by atoms with E-state index < -0.39 is 6.23 Å². The summed E-state index contributed by atoms with van der Waals surface area (Å²) in [5.41, 5.74) is 0.633. The van der Waals surface area contributed by atoms with Gasteiger partial charge in [-0.1, -0.05) is 12.1 Å². The van der Waals surface area contributed by atoms with Gasteiger partial charge in [-0.25, -0.2) is 0 Å². The Kier molecular flexibility index (Phi) is 3.02. The standard InChI is InChI=1S/C16H16N2O4/c1-17-11-5-3-2-4-10(11)14-12(15(17)20)13(19)16(22-14)18-6-8-21-9-7-18/h2-5,16H,6-9H2,1H3. The molecule has 0 N–H and O–H groups in total. The SMILES string of the molecule is Cn1c(=O)c2c(c3ccccc31)OC(N1CCOCC1)C2=O. The van der Waals surface area contributed by atoms with Gasteiger partial charge in [0.25, 0.3) is 5.56 Å². The van der Waals surface area contributed by atoms with Gasteiger partial charge in [-0.2, -0.15) is 0 Å². The van der Waals surface area contributed by atoms with Crippen LogP contribution in [0.4, 0.5) is 0 Å². The van der Waals surface area contributed by atoms with Crippen LogP contribution < -0.4 is 10.3 Å². The number of morpholine rings is 1. The van der Waals surface area contributed by atoms with E-state index in [1.807, 2.05) is 29.2 Å². The number of aromatic nitrogens is 1. The van der Waals surface area contributed by atoms with E-state index in [-0.39, 0.29) is 16.9 Å². The van der Waals surface area contributed by atoms with Crippen LogP contribution in [0.25, 0.3) is 10.9 Å². The van der Waals surface area contributed by atoms with Crippen LogP contribution in [0.5, 0.6) is 5.75 Å². The van der Waals surface area contributed by atoms with Gasteiger partial charge >= 0.3 is 0 Å².